The smallest absolute Gasteiger partial charge is 0.217 e. The van der Waals surface area contributed by atoms with Gasteiger partial charge in [0.05, 0.1) is 0 Å². The summed E-state index contributed by atoms with van der Waals surface area (Å²) in [6, 6.07) is 3.24. The highest BCUT2D eigenvalue weighted by Crippen LogP contribution is 2.08. The van der Waals surface area contributed by atoms with Gasteiger partial charge in [-0.2, -0.15) is 0 Å². The Bertz CT molecular complexity index is 670. The molecule has 1 rings (SSSR count). The van der Waals surface area contributed by atoms with Gasteiger partial charge in [0.2, 0.25) is 5.91 Å². The Hall–Kier alpha value is -2.93. The number of nitrogens with zero attached hydrogens (tertiary/aromatic N) is 1. The van der Waals surface area contributed by atoms with Crippen LogP contribution in [0.3, 0.4) is 0 Å². The van der Waals surface area contributed by atoms with E-state index >= 15 is 0 Å². The van der Waals surface area contributed by atoms with Crippen molar-refractivity contribution in [3.05, 3.63) is 0 Å². The first-order valence-electron chi connectivity index (χ1n) is 6.67. The van der Waals surface area contributed by atoms with Crippen molar-refractivity contribution in [3.8, 4) is 59.3 Å². The van der Waals surface area contributed by atoms with Gasteiger partial charge in [0, 0.05) is 55.8 Å². The lowest BCUT2D eigenvalue weighted by Crippen LogP contribution is -2.42. The molecule has 1 saturated heterocycles. The minimum atomic E-state index is 0.0250. The predicted molar refractivity (Wildman–Crippen MR) is 83.0 cm³/mol. The number of amides is 1. The quantitative estimate of drug-likeness (QED) is 0.711. The Morgan fingerprint density at radius 2 is 1.48 bits per heavy atom. The van der Waals surface area contributed by atoms with E-state index in [0.717, 1.165) is 25.9 Å². The van der Waals surface area contributed by atoms with Crippen LogP contribution in [0.2, 0.25) is 0 Å². The summed E-state index contributed by atoms with van der Waals surface area (Å²) >= 11 is 0. The number of rotatable bonds is 1. The summed E-state index contributed by atoms with van der Waals surface area (Å²) in [4.78, 5) is 13.0. The maximum atomic E-state index is 10.9. The van der Waals surface area contributed by atoms with Crippen LogP contribution in [0, 0.1) is 59.3 Å². The third-order valence-electron chi connectivity index (χ3n) is 2.68. The second-order valence-corrected chi connectivity index (χ2v) is 4.32. The molecule has 0 spiro atoms. The molecule has 0 unspecified atom stereocenters. The van der Waals surface area contributed by atoms with Crippen molar-refractivity contribution in [1.29, 1.82) is 0 Å². The minimum absolute atomic E-state index is 0.0250. The molecule has 1 N–H and O–H groups in total. The summed E-state index contributed by atoms with van der Waals surface area (Å²) in [5.41, 5.74) is 0. The summed E-state index contributed by atoms with van der Waals surface area (Å²) < 4.78 is 0. The van der Waals surface area contributed by atoms with Gasteiger partial charge in [0.1, 0.15) is 0 Å². The number of nitrogens with one attached hydrogen (secondary N) is 1. The van der Waals surface area contributed by atoms with Crippen LogP contribution in [0.1, 0.15) is 26.7 Å². The summed E-state index contributed by atoms with van der Waals surface area (Å²) in [5.74, 6) is 23.6. The molecular formula is C18H16N2O. The topological polar surface area (TPSA) is 32.3 Å². The lowest BCUT2D eigenvalue weighted by Gasteiger charge is -2.29. The maximum Gasteiger partial charge on any atom is 0.217 e. The highest BCUT2D eigenvalue weighted by molar-refractivity contribution is 5.73. The minimum Gasteiger partial charge on any atom is -0.353 e. The summed E-state index contributed by atoms with van der Waals surface area (Å²) in [6.07, 6.45) is 1.82. The van der Waals surface area contributed by atoms with Gasteiger partial charge in [-0.1, -0.05) is 5.92 Å². The van der Waals surface area contributed by atoms with E-state index in [1.807, 2.05) is 4.90 Å². The van der Waals surface area contributed by atoms with Crippen molar-refractivity contribution in [2.45, 2.75) is 32.7 Å². The number of piperidine rings is 1. The summed E-state index contributed by atoms with van der Waals surface area (Å²) in [7, 11) is 0. The molecule has 1 amide bonds. The van der Waals surface area contributed by atoms with Crippen molar-refractivity contribution >= 4 is 5.91 Å². The second kappa shape index (κ2) is 9.93. The normalized spacial score (nSPS) is 12.4. The van der Waals surface area contributed by atoms with E-state index in [0.29, 0.717) is 0 Å². The van der Waals surface area contributed by atoms with E-state index in [1.54, 1.807) is 13.8 Å². The van der Waals surface area contributed by atoms with Gasteiger partial charge in [-0.05, 0) is 43.4 Å². The second-order valence-electron chi connectivity index (χ2n) is 4.32. The zero-order valence-electron chi connectivity index (χ0n) is 12.3. The molecule has 0 aromatic heterocycles. The molecule has 1 aliphatic heterocycles. The van der Waals surface area contributed by atoms with Gasteiger partial charge in [-0.25, -0.2) is 0 Å². The third kappa shape index (κ3) is 7.96. The third-order valence-corrected chi connectivity index (χ3v) is 2.68. The highest BCUT2D eigenvalue weighted by atomic mass is 16.1. The fourth-order valence-electron chi connectivity index (χ4n) is 1.78. The number of likely N-dealkylation sites (tertiary alicyclic amines) is 1. The molecule has 0 radical (unpaired) electrons. The van der Waals surface area contributed by atoms with Gasteiger partial charge in [0.15, 0.2) is 0 Å². The maximum absolute atomic E-state index is 10.9. The lowest BCUT2D eigenvalue weighted by molar-refractivity contribution is -0.119. The van der Waals surface area contributed by atoms with Crippen LogP contribution in [0.5, 0.6) is 0 Å². The van der Waals surface area contributed by atoms with Crippen LogP contribution < -0.4 is 5.32 Å². The summed E-state index contributed by atoms with van der Waals surface area (Å²) in [5, 5.41) is 2.92. The van der Waals surface area contributed by atoms with Gasteiger partial charge in [-0.3, -0.25) is 4.79 Å². The first kappa shape index (κ1) is 16.1. The largest absolute Gasteiger partial charge is 0.353 e. The van der Waals surface area contributed by atoms with Crippen LogP contribution in [0.15, 0.2) is 0 Å². The Kier molecular flexibility index (Phi) is 7.62. The van der Waals surface area contributed by atoms with Gasteiger partial charge >= 0.3 is 0 Å². The Morgan fingerprint density at radius 3 is 2.00 bits per heavy atom. The van der Waals surface area contributed by atoms with Gasteiger partial charge in [-0.15, -0.1) is 0 Å². The molecule has 1 aliphatic rings. The number of carbonyl (C=O) groups is 1. The molecule has 3 nitrogen and oxygen atoms in total. The van der Waals surface area contributed by atoms with E-state index < -0.39 is 0 Å². The summed E-state index contributed by atoms with van der Waals surface area (Å²) in [6.45, 7) is 4.94. The van der Waals surface area contributed by atoms with E-state index in [4.69, 9.17) is 0 Å². The van der Waals surface area contributed by atoms with Gasteiger partial charge in [0.25, 0.3) is 0 Å². The molecule has 3 heteroatoms. The molecule has 1 fully saturated rings. The molecule has 0 aromatic rings. The Morgan fingerprint density at radius 1 is 0.952 bits per heavy atom. The van der Waals surface area contributed by atoms with Crippen molar-refractivity contribution in [3.63, 3.8) is 0 Å². The van der Waals surface area contributed by atoms with Crippen molar-refractivity contribution < 1.29 is 4.79 Å². The zero-order valence-corrected chi connectivity index (χ0v) is 12.3. The molecule has 21 heavy (non-hydrogen) atoms. The van der Waals surface area contributed by atoms with Crippen molar-refractivity contribution in [2.24, 2.45) is 0 Å². The Labute approximate surface area is 126 Å². The molecule has 0 atom stereocenters. The van der Waals surface area contributed by atoms with E-state index in [9.17, 15) is 4.79 Å². The van der Waals surface area contributed by atoms with Crippen LogP contribution in [0.4, 0.5) is 0 Å². The first-order chi connectivity index (χ1) is 10.2. The predicted octanol–water partition coefficient (Wildman–Crippen LogP) is 0.581. The molecule has 0 bridgehead atoms. The molecule has 104 valence electrons. The van der Waals surface area contributed by atoms with E-state index in [2.05, 4.69) is 64.6 Å². The Balaban J connectivity index is 2.36. The molecule has 1 heterocycles. The lowest BCUT2D eigenvalue weighted by atomic mass is 10.1. The SMILES string of the molecule is CC#CC#CC#CC#CC#CN1CCC(NC(C)=O)CC1. The van der Waals surface area contributed by atoms with E-state index in [1.165, 1.54) is 0 Å². The van der Waals surface area contributed by atoms with Crippen LogP contribution >= 0.6 is 0 Å². The number of hydrogen-bond donors (Lipinski definition) is 1. The molecule has 0 saturated carbocycles. The fraction of sp³-hybridized carbons (Fsp3) is 0.389. The molecular weight excluding hydrogens is 260 g/mol. The molecule has 0 aromatic carbocycles. The van der Waals surface area contributed by atoms with Crippen LogP contribution in [-0.2, 0) is 4.79 Å². The average molecular weight is 276 g/mol. The van der Waals surface area contributed by atoms with Crippen molar-refractivity contribution in [2.75, 3.05) is 13.1 Å². The standard InChI is InChI=1S/C18H16N2O/c1-3-4-5-6-7-8-9-10-11-14-20-15-12-18(13-16-20)19-17(2)21/h18H,12-13,15-16H2,1-2H3,(H,19,21). The zero-order chi connectivity index (χ0) is 15.3. The number of carbonyl (C=O) groups excluding carboxylic acids is 1. The van der Waals surface area contributed by atoms with Crippen molar-refractivity contribution in [1.82, 2.24) is 10.2 Å². The van der Waals surface area contributed by atoms with Gasteiger partial charge < -0.3 is 10.2 Å². The first-order valence-corrected chi connectivity index (χ1v) is 6.67. The number of hydrogen-bond acceptors (Lipinski definition) is 2. The average Bonchev–Trinajstić information content (AvgIpc) is 2.47. The van der Waals surface area contributed by atoms with Crippen LogP contribution in [0.25, 0.3) is 0 Å². The van der Waals surface area contributed by atoms with E-state index in [-0.39, 0.29) is 11.9 Å². The molecule has 0 aliphatic carbocycles. The fourth-order valence-corrected chi connectivity index (χ4v) is 1.78. The highest BCUT2D eigenvalue weighted by Gasteiger charge is 2.17. The monoisotopic (exact) mass is 276 g/mol. The van der Waals surface area contributed by atoms with Crippen LogP contribution in [-0.4, -0.2) is 29.9 Å².